The number of rotatable bonds is 3. The number of aromatic hydroxyl groups is 1. The van der Waals surface area contributed by atoms with Crippen LogP contribution in [0.25, 0.3) is 0 Å². The zero-order valence-corrected chi connectivity index (χ0v) is 8.88. The quantitative estimate of drug-likeness (QED) is 0.857. The van der Waals surface area contributed by atoms with Gasteiger partial charge in [-0.2, -0.15) is 0 Å². The summed E-state index contributed by atoms with van der Waals surface area (Å²) in [7, 11) is 1.30. The maximum atomic E-state index is 12.4. The number of pyridine rings is 1. The second-order valence-corrected chi connectivity index (χ2v) is 3.04. The van der Waals surface area contributed by atoms with Crippen molar-refractivity contribution in [3.8, 4) is 11.5 Å². The van der Waals surface area contributed by atoms with E-state index in [-0.39, 0.29) is 28.1 Å². The van der Waals surface area contributed by atoms with Gasteiger partial charge in [0.2, 0.25) is 0 Å². The molecule has 78 valence electrons. The largest absolute Gasteiger partial charge is 0.503 e. The first-order valence-electron chi connectivity index (χ1n) is 3.70. The number of nitrogens with zero attached hydrogens (tertiary/aromatic N) is 1. The maximum absolute atomic E-state index is 12.4. The molecule has 1 aromatic rings. The number of hydrogen-bond acceptors (Lipinski definition) is 3. The maximum Gasteiger partial charge on any atom is 0.280 e. The van der Waals surface area contributed by atoms with E-state index in [1.165, 1.54) is 7.11 Å². The van der Waals surface area contributed by atoms with Gasteiger partial charge < -0.3 is 9.84 Å². The Bertz CT molecular complexity index is 333. The summed E-state index contributed by atoms with van der Waals surface area (Å²) < 4.78 is 29.7. The summed E-state index contributed by atoms with van der Waals surface area (Å²) >= 11 is 3.04. The van der Waals surface area contributed by atoms with E-state index in [0.29, 0.717) is 0 Å². The molecule has 0 atom stereocenters. The van der Waals surface area contributed by atoms with Crippen LogP contribution in [0.2, 0.25) is 0 Å². The Morgan fingerprint density at radius 1 is 1.64 bits per heavy atom. The first-order valence-corrected chi connectivity index (χ1v) is 4.82. The van der Waals surface area contributed by atoms with Crippen molar-refractivity contribution in [1.29, 1.82) is 0 Å². The number of aromatic nitrogens is 1. The molecule has 0 radical (unpaired) electrons. The first kappa shape index (κ1) is 11.2. The molecule has 3 nitrogen and oxygen atoms in total. The standard InChI is InChI=1S/C8H8BrF2NO2/c1-14-7-4(2-9)6(8(10)11)12-3-5(7)13/h3,8,13H,2H2,1H3. The van der Waals surface area contributed by atoms with Crippen LogP contribution in [0, 0.1) is 0 Å². The van der Waals surface area contributed by atoms with Gasteiger partial charge in [-0.15, -0.1) is 0 Å². The average molecular weight is 268 g/mol. The predicted octanol–water partition coefficient (Wildman–Crippen LogP) is 2.63. The second kappa shape index (κ2) is 4.54. The van der Waals surface area contributed by atoms with Crippen LogP contribution in [0.3, 0.4) is 0 Å². The van der Waals surface area contributed by atoms with Crippen molar-refractivity contribution in [2.75, 3.05) is 7.11 Å². The van der Waals surface area contributed by atoms with Gasteiger partial charge in [-0.25, -0.2) is 8.78 Å². The Balaban J connectivity index is 3.33. The van der Waals surface area contributed by atoms with Gasteiger partial charge in [0.15, 0.2) is 11.5 Å². The molecule has 0 aliphatic heterocycles. The minimum absolute atomic E-state index is 0.0344. The Morgan fingerprint density at radius 3 is 2.71 bits per heavy atom. The molecule has 1 rings (SSSR count). The van der Waals surface area contributed by atoms with Crippen molar-refractivity contribution < 1.29 is 18.6 Å². The molecule has 0 aromatic carbocycles. The van der Waals surface area contributed by atoms with Gasteiger partial charge in [-0.05, 0) is 0 Å². The summed E-state index contributed by atoms with van der Waals surface area (Å²) in [5.41, 5.74) is -0.209. The Morgan fingerprint density at radius 2 is 2.29 bits per heavy atom. The van der Waals surface area contributed by atoms with E-state index < -0.39 is 6.43 Å². The van der Waals surface area contributed by atoms with E-state index in [0.717, 1.165) is 6.20 Å². The monoisotopic (exact) mass is 267 g/mol. The number of halogens is 3. The van der Waals surface area contributed by atoms with Crippen molar-refractivity contribution in [3.63, 3.8) is 0 Å². The molecule has 0 amide bonds. The van der Waals surface area contributed by atoms with Crippen LogP contribution in [-0.2, 0) is 5.33 Å². The zero-order valence-electron chi connectivity index (χ0n) is 7.30. The molecule has 1 aromatic heterocycles. The van der Waals surface area contributed by atoms with E-state index >= 15 is 0 Å². The molecule has 0 spiro atoms. The third-order valence-corrected chi connectivity index (χ3v) is 2.25. The smallest absolute Gasteiger partial charge is 0.280 e. The molecule has 1 N–H and O–H groups in total. The normalized spacial score (nSPS) is 10.6. The highest BCUT2D eigenvalue weighted by molar-refractivity contribution is 9.08. The van der Waals surface area contributed by atoms with E-state index in [4.69, 9.17) is 4.74 Å². The molecular formula is C8H8BrF2NO2. The van der Waals surface area contributed by atoms with Crippen LogP contribution in [0.4, 0.5) is 8.78 Å². The number of ether oxygens (including phenoxy) is 1. The van der Waals surface area contributed by atoms with Crippen molar-refractivity contribution in [3.05, 3.63) is 17.5 Å². The summed E-state index contributed by atoms with van der Waals surface area (Å²) in [6.07, 6.45) is -1.73. The third-order valence-electron chi connectivity index (χ3n) is 1.69. The Kier molecular flexibility index (Phi) is 3.62. The highest BCUT2D eigenvalue weighted by Crippen LogP contribution is 2.35. The first-order chi connectivity index (χ1) is 6.61. The summed E-state index contributed by atoms with van der Waals surface area (Å²) in [6, 6.07) is 0. The highest BCUT2D eigenvalue weighted by Gasteiger charge is 2.20. The third kappa shape index (κ3) is 1.95. The van der Waals surface area contributed by atoms with Gasteiger partial charge in [0, 0.05) is 10.9 Å². The van der Waals surface area contributed by atoms with Gasteiger partial charge in [0.1, 0.15) is 5.69 Å². The lowest BCUT2D eigenvalue weighted by molar-refractivity contribution is 0.144. The van der Waals surface area contributed by atoms with Crippen LogP contribution in [0.5, 0.6) is 11.5 Å². The van der Waals surface area contributed by atoms with E-state index in [2.05, 4.69) is 20.9 Å². The summed E-state index contributed by atoms with van der Waals surface area (Å²) in [6.45, 7) is 0. The minimum atomic E-state index is -2.68. The lowest BCUT2D eigenvalue weighted by Crippen LogP contribution is -2.00. The fourth-order valence-corrected chi connectivity index (χ4v) is 1.63. The molecule has 0 unspecified atom stereocenters. The molecule has 14 heavy (non-hydrogen) atoms. The van der Waals surface area contributed by atoms with Gasteiger partial charge in [-0.3, -0.25) is 4.98 Å². The molecule has 0 saturated carbocycles. The zero-order chi connectivity index (χ0) is 10.7. The second-order valence-electron chi connectivity index (χ2n) is 2.47. The molecular weight excluding hydrogens is 260 g/mol. The molecule has 1 heterocycles. The molecule has 0 fully saturated rings. The molecule has 0 saturated heterocycles. The average Bonchev–Trinajstić information content (AvgIpc) is 2.16. The topological polar surface area (TPSA) is 42.4 Å². The summed E-state index contributed by atoms with van der Waals surface area (Å²) in [5, 5.41) is 9.43. The van der Waals surface area contributed by atoms with Crippen molar-refractivity contribution in [2.45, 2.75) is 11.8 Å². The molecule has 0 aliphatic rings. The van der Waals surface area contributed by atoms with E-state index in [1.54, 1.807) is 0 Å². The molecule has 6 heteroatoms. The van der Waals surface area contributed by atoms with Crippen molar-refractivity contribution in [2.24, 2.45) is 0 Å². The van der Waals surface area contributed by atoms with Gasteiger partial charge in [0.05, 0.1) is 13.3 Å². The van der Waals surface area contributed by atoms with Crippen molar-refractivity contribution >= 4 is 15.9 Å². The van der Waals surface area contributed by atoms with Crippen LogP contribution >= 0.6 is 15.9 Å². The summed E-state index contributed by atoms with van der Waals surface area (Å²) in [5.74, 6) is -0.210. The lowest BCUT2D eigenvalue weighted by Gasteiger charge is -2.11. The van der Waals surface area contributed by atoms with Crippen molar-refractivity contribution in [1.82, 2.24) is 4.98 Å². The lowest BCUT2D eigenvalue weighted by atomic mass is 10.2. The Hall–Kier alpha value is -0.910. The van der Waals surface area contributed by atoms with Crippen LogP contribution in [0.1, 0.15) is 17.7 Å². The number of methoxy groups -OCH3 is 1. The highest BCUT2D eigenvalue weighted by atomic mass is 79.9. The van der Waals surface area contributed by atoms with Crippen LogP contribution < -0.4 is 4.74 Å². The predicted molar refractivity (Wildman–Crippen MR) is 50.0 cm³/mol. The van der Waals surface area contributed by atoms with Crippen LogP contribution in [0.15, 0.2) is 6.20 Å². The SMILES string of the molecule is COc1c(O)cnc(C(F)F)c1CBr. The fraction of sp³-hybridized carbons (Fsp3) is 0.375. The number of hydrogen-bond donors (Lipinski definition) is 1. The minimum Gasteiger partial charge on any atom is -0.503 e. The summed E-state index contributed by atoms with van der Waals surface area (Å²) in [4.78, 5) is 3.45. The number of alkyl halides is 3. The Labute approximate surface area is 87.9 Å². The van der Waals surface area contributed by atoms with E-state index in [1.807, 2.05) is 0 Å². The van der Waals surface area contributed by atoms with Crippen LogP contribution in [-0.4, -0.2) is 17.2 Å². The fourth-order valence-electron chi connectivity index (χ4n) is 1.08. The molecule has 0 aliphatic carbocycles. The van der Waals surface area contributed by atoms with E-state index in [9.17, 15) is 13.9 Å². The van der Waals surface area contributed by atoms with Gasteiger partial charge in [-0.1, -0.05) is 15.9 Å². The van der Waals surface area contributed by atoms with Gasteiger partial charge >= 0.3 is 0 Å². The van der Waals surface area contributed by atoms with Gasteiger partial charge in [0.25, 0.3) is 6.43 Å². The molecule has 0 bridgehead atoms.